The quantitative estimate of drug-likeness (QED) is 0.854. The van der Waals surface area contributed by atoms with Crippen LogP contribution in [0.3, 0.4) is 0 Å². The Kier molecular flexibility index (Phi) is 4.64. The molecule has 0 bridgehead atoms. The van der Waals surface area contributed by atoms with E-state index in [-0.39, 0.29) is 16.3 Å². The molecule has 0 aliphatic carbocycles. The molecule has 1 aromatic heterocycles. The van der Waals surface area contributed by atoms with Crippen LogP contribution >= 0.6 is 11.3 Å². The molecule has 21 heavy (non-hydrogen) atoms. The lowest BCUT2D eigenvalue weighted by Crippen LogP contribution is -2.18. The lowest BCUT2D eigenvalue weighted by molar-refractivity contribution is 0.100. The molecule has 2 rings (SSSR count). The van der Waals surface area contributed by atoms with Crippen molar-refractivity contribution in [2.24, 2.45) is 5.73 Å². The minimum atomic E-state index is -3.59. The van der Waals surface area contributed by atoms with Crippen LogP contribution in [-0.4, -0.2) is 14.3 Å². The Morgan fingerprint density at radius 1 is 1.29 bits per heavy atom. The van der Waals surface area contributed by atoms with Crippen molar-refractivity contribution in [1.82, 2.24) is 0 Å². The summed E-state index contributed by atoms with van der Waals surface area (Å²) in [6.07, 6.45) is 0.714. The average Bonchev–Trinajstić information content (AvgIpc) is 2.81. The number of hydrogen-bond donors (Lipinski definition) is 2. The summed E-state index contributed by atoms with van der Waals surface area (Å²) < 4.78 is 26.8. The number of rotatable bonds is 6. The third-order valence-corrected chi connectivity index (χ3v) is 5.40. The van der Waals surface area contributed by atoms with E-state index in [4.69, 9.17) is 5.73 Å². The Bertz CT molecular complexity index is 737. The molecule has 0 aliphatic heterocycles. The number of carbonyl (C=O) groups excluding carboxylic acids is 1. The standard InChI is InChI=1S/C14H16N2O3S2/c1-2-11-8-12(13(15)17)14(20-11)16-21(18,19)9-10-6-4-3-5-7-10/h3-8,16H,2,9H2,1H3,(H2,15,17). The zero-order chi connectivity index (χ0) is 15.5. The van der Waals surface area contributed by atoms with E-state index in [1.54, 1.807) is 30.3 Å². The minimum absolute atomic E-state index is 0.147. The number of sulfonamides is 1. The summed E-state index contributed by atoms with van der Waals surface area (Å²) in [5.74, 6) is -0.783. The molecule has 0 saturated heterocycles. The van der Waals surface area contributed by atoms with Gasteiger partial charge in [-0.2, -0.15) is 0 Å². The van der Waals surface area contributed by atoms with Gasteiger partial charge < -0.3 is 5.73 Å². The molecule has 1 amide bonds. The number of benzene rings is 1. The molecule has 0 fully saturated rings. The minimum Gasteiger partial charge on any atom is -0.366 e. The van der Waals surface area contributed by atoms with Gasteiger partial charge in [0.25, 0.3) is 5.91 Å². The Balaban J connectivity index is 2.24. The third-order valence-electron chi connectivity index (χ3n) is 2.84. The molecule has 0 atom stereocenters. The van der Waals surface area contributed by atoms with Crippen LogP contribution in [0.2, 0.25) is 0 Å². The highest BCUT2D eigenvalue weighted by Crippen LogP contribution is 2.29. The summed E-state index contributed by atoms with van der Waals surface area (Å²) >= 11 is 1.23. The molecule has 0 aliphatic rings. The van der Waals surface area contributed by atoms with Crippen LogP contribution in [0.25, 0.3) is 0 Å². The van der Waals surface area contributed by atoms with E-state index < -0.39 is 15.9 Å². The summed E-state index contributed by atoms with van der Waals surface area (Å²) in [5, 5.41) is 0.287. The Morgan fingerprint density at radius 2 is 1.95 bits per heavy atom. The van der Waals surface area contributed by atoms with E-state index in [0.29, 0.717) is 12.0 Å². The number of amides is 1. The topological polar surface area (TPSA) is 89.3 Å². The normalized spacial score (nSPS) is 11.3. The van der Waals surface area contributed by atoms with Crippen molar-refractivity contribution in [3.05, 3.63) is 52.4 Å². The number of thiophene rings is 1. The molecule has 1 heterocycles. The van der Waals surface area contributed by atoms with Crippen molar-refractivity contribution >= 4 is 32.3 Å². The number of carbonyl (C=O) groups is 1. The first kappa shape index (κ1) is 15.5. The summed E-state index contributed by atoms with van der Waals surface area (Å²) in [4.78, 5) is 12.3. The number of anilines is 1. The van der Waals surface area contributed by atoms with Gasteiger partial charge in [-0.3, -0.25) is 9.52 Å². The third kappa shape index (κ3) is 4.05. The lowest BCUT2D eigenvalue weighted by Gasteiger charge is -2.07. The van der Waals surface area contributed by atoms with E-state index in [1.807, 2.05) is 13.0 Å². The van der Waals surface area contributed by atoms with Crippen LogP contribution in [0.1, 0.15) is 27.7 Å². The van der Waals surface area contributed by atoms with Gasteiger partial charge in [-0.1, -0.05) is 37.3 Å². The fourth-order valence-corrected chi connectivity index (χ4v) is 4.34. The maximum Gasteiger partial charge on any atom is 0.251 e. The number of primary amides is 1. The summed E-state index contributed by atoms with van der Waals surface area (Å²) in [7, 11) is -3.59. The Morgan fingerprint density at radius 3 is 2.52 bits per heavy atom. The largest absolute Gasteiger partial charge is 0.366 e. The predicted molar refractivity (Wildman–Crippen MR) is 84.9 cm³/mol. The van der Waals surface area contributed by atoms with Crippen LogP contribution in [0.15, 0.2) is 36.4 Å². The van der Waals surface area contributed by atoms with Gasteiger partial charge in [-0.25, -0.2) is 8.42 Å². The maximum atomic E-state index is 12.2. The van der Waals surface area contributed by atoms with Crippen molar-refractivity contribution in [3.8, 4) is 0 Å². The highest BCUT2D eigenvalue weighted by atomic mass is 32.2. The van der Waals surface area contributed by atoms with Gasteiger partial charge in [-0.05, 0) is 18.1 Å². The average molecular weight is 324 g/mol. The molecule has 7 heteroatoms. The van der Waals surface area contributed by atoms with Crippen LogP contribution < -0.4 is 10.5 Å². The van der Waals surface area contributed by atoms with E-state index in [2.05, 4.69) is 4.72 Å². The maximum absolute atomic E-state index is 12.2. The number of aryl methyl sites for hydroxylation is 1. The second-order valence-electron chi connectivity index (χ2n) is 4.52. The highest BCUT2D eigenvalue weighted by molar-refractivity contribution is 7.92. The predicted octanol–water partition coefficient (Wildman–Crippen LogP) is 2.35. The van der Waals surface area contributed by atoms with Gasteiger partial charge in [0.1, 0.15) is 5.00 Å². The van der Waals surface area contributed by atoms with Crippen molar-refractivity contribution in [2.75, 3.05) is 4.72 Å². The van der Waals surface area contributed by atoms with Crippen molar-refractivity contribution < 1.29 is 13.2 Å². The van der Waals surface area contributed by atoms with Gasteiger partial charge in [0.05, 0.1) is 11.3 Å². The van der Waals surface area contributed by atoms with E-state index >= 15 is 0 Å². The lowest BCUT2D eigenvalue weighted by atomic mass is 10.2. The van der Waals surface area contributed by atoms with Gasteiger partial charge in [0, 0.05) is 4.88 Å². The highest BCUT2D eigenvalue weighted by Gasteiger charge is 2.19. The molecular weight excluding hydrogens is 308 g/mol. The van der Waals surface area contributed by atoms with Crippen molar-refractivity contribution in [2.45, 2.75) is 19.1 Å². The van der Waals surface area contributed by atoms with E-state index in [1.165, 1.54) is 11.3 Å². The SMILES string of the molecule is CCc1cc(C(N)=O)c(NS(=O)(=O)Cc2ccccc2)s1. The van der Waals surface area contributed by atoms with Crippen LogP contribution in [0, 0.1) is 0 Å². The number of nitrogens with two attached hydrogens (primary N) is 1. The van der Waals surface area contributed by atoms with Gasteiger partial charge in [0.15, 0.2) is 0 Å². The molecule has 0 spiro atoms. The summed E-state index contributed by atoms with van der Waals surface area (Å²) in [5.41, 5.74) is 6.18. The van der Waals surface area contributed by atoms with Crippen molar-refractivity contribution in [3.63, 3.8) is 0 Å². The van der Waals surface area contributed by atoms with Gasteiger partial charge >= 0.3 is 0 Å². The number of hydrogen-bond acceptors (Lipinski definition) is 4. The van der Waals surface area contributed by atoms with Gasteiger partial charge in [0.2, 0.25) is 10.0 Å². The fraction of sp³-hybridized carbons (Fsp3) is 0.214. The smallest absolute Gasteiger partial charge is 0.251 e. The molecule has 3 N–H and O–H groups in total. The monoisotopic (exact) mass is 324 g/mol. The Hall–Kier alpha value is -1.86. The van der Waals surface area contributed by atoms with Crippen LogP contribution in [0.5, 0.6) is 0 Å². The molecule has 112 valence electrons. The Labute approximate surface area is 127 Å². The first-order valence-electron chi connectivity index (χ1n) is 6.38. The molecule has 1 aromatic carbocycles. The fourth-order valence-electron chi connectivity index (χ4n) is 1.85. The second-order valence-corrected chi connectivity index (χ2v) is 7.38. The van der Waals surface area contributed by atoms with Gasteiger partial charge in [-0.15, -0.1) is 11.3 Å². The van der Waals surface area contributed by atoms with Crippen LogP contribution in [-0.2, 0) is 22.2 Å². The summed E-state index contributed by atoms with van der Waals surface area (Å²) in [6.45, 7) is 1.93. The number of nitrogens with one attached hydrogen (secondary N) is 1. The molecule has 0 saturated carbocycles. The van der Waals surface area contributed by atoms with E-state index in [0.717, 1.165) is 4.88 Å². The molecule has 0 radical (unpaired) electrons. The molecule has 0 unspecified atom stereocenters. The van der Waals surface area contributed by atoms with E-state index in [9.17, 15) is 13.2 Å². The molecule has 5 nitrogen and oxygen atoms in total. The first-order valence-corrected chi connectivity index (χ1v) is 8.85. The van der Waals surface area contributed by atoms with Crippen LogP contribution in [0.4, 0.5) is 5.00 Å². The zero-order valence-corrected chi connectivity index (χ0v) is 13.1. The molecule has 2 aromatic rings. The van der Waals surface area contributed by atoms with Crippen molar-refractivity contribution in [1.29, 1.82) is 0 Å². The summed E-state index contributed by atoms with van der Waals surface area (Å²) in [6, 6.07) is 10.5. The zero-order valence-electron chi connectivity index (χ0n) is 11.5. The second kappa shape index (κ2) is 6.28. The first-order chi connectivity index (χ1) is 9.91. The molecular formula is C14H16N2O3S2.